The fraction of sp³-hybridized carbons (Fsp3) is 0.0769. The van der Waals surface area contributed by atoms with Gasteiger partial charge in [-0.15, -0.1) is 11.8 Å². The van der Waals surface area contributed by atoms with E-state index in [1.165, 1.54) is 23.9 Å². The Bertz CT molecular complexity index is 709. The van der Waals surface area contributed by atoms with E-state index in [2.05, 4.69) is 15.5 Å². The molecule has 0 aliphatic heterocycles. The average molecular weight is 304 g/mol. The lowest BCUT2D eigenvalue weighted by molar-refractivity contribution is -0.115. The van der Waals surface area contributed by atoms with Gasteiger partial charge in [0.2, 0.25) is 5.91 Å². The molecule has 0 bridgehead atoms. The molecule has 0 saturated heterocycles. The van der Waals surface area contributed by atoms with E-state index in [-0.39, 0.29) is 17.0 Å². The Balaban J connectivity index is 2.15. The first-order chi connectivity index (χ1) is 10.1. The first-order valence-electron chi connectivity index (χ1n) is 5.93. The van der Waals surface area contributed by atoms with Crippen molar-refractivity contribution in [1.29, 1.82) is 0 Å². The van der Waals surface area contributed by atoms with E-state index < -0.39 is 11.8 Å². The maximum absolute atomic E-state index is 12.0. The first-order valence-corrected chi connectivity index (χ1v) is 6.92. The number of aromatic amines is 1. The maximum atomic E-state index is 12.0. The van der Waals surface area contributed by atoms with Crippen LogP contribution in [0.4, 0.5) is 5.69 Å². The summed E-state index contributed by atoms with van der Waals surface area (Å²) in [5.41, 5.74) is 5.35. The molecule has 7 nitrogen and oxygen atoms in total. The Hall–Kier alpha value is -2.61. The second-order valence-corrected chi connectivity index (χ2v) is 5.03. The fourth-order valence-electron chi connectivity index (χ4n) is 1.50. The van der Waals surface area contributed by atoms with Gasteiger partial charge in [-0.3, -0.25) is 14.4 Å². The van der Waals surface area contributed by atoms with E-state index in [0.717, 1.165) is 0 Å². The summed E-state index contributed by atoms with van der Waals surface area (Å²) in [7, 11) is 0. The molecule has 2 rings (SSSR count). The lowest BCUT2D eigenvalue weighted by Gasteiger charge is -2.09. The van der Waals surface area contributed by atoms with Crippen LogP contribution in [0.3, 0.4) is 0 Å². The van der Waals surface area contributed by atoms with E-state index in [4.69, 9.17) is 5.73 Å². The highest BCUT2D eigenvalue weighted by atomic mass is 32.2. The predicted octanol–water partition coefficient (Wildman–Crippen LogP) is 0.600. The Morgan fingerprint density at radius 3 is 2.67 bits per heavy atom. The highest BCUT2D eigenvalue weighted by Gasteiger charge is 2.11. The second-order valence-electron chi connectivity index (χ2n) is 4.01. The molecule has 0 unspecified atom stereocenters. The summed E-state index contributed by atoms with van der Waals surface area (Å²) >= 11 is 1.23. The summed E-state index contributed by atoms with van der Waals surface area (Å²) in [6.45, 7) is 0. The minimum atomic E-state index is -0.460. The number of hydrogen-bond donors (Lipinski definition) is 3. The number of hydrogen-bond acceptors (Lipinski definition) is 5. The number of carbonyl (C=O) groups is 2. The van der Waals surface area contributed by atoms with Crippen molar-refractivity contribution >= 4 is 29.3 Å². The third-order valence-electron chi connectivity index (χ3n) is 2.42. The van der Waals surface area contributed by atoms with E-state index in [0.29, 0.717) is 10.6 Å². The number of para-hydroxylation sites is 1. The molecule has 2 amide bonds. The molecule has 8 heteroatoms. The van der Waals surface area contributed by atoms with Crippen molar-refractivity contribution in [3.63, 3.8) is 0 Å². The van der Waals surface area contributed by atoms with Crippen molar-refractivity contribution in [3.05, 3.63) is 52.4 Å². The van der Waals surface area contributed by atoms with Crippen molar-refractivity contribution in [2.24, 2.45) is 5.73 Å². The number of carbonyl (C=O) groups excluding carboxylic acids is 2. The molecule has 0 fully saturated rings. The number of anilines is 1. The highest BCUT2D eigenvalue weighted by molar-refractivity contribution is 8.00. The van der Waals surface area contributed by atoms with Crippen LogP contribution >= 0.6 is 11.8 Å². The van der Waals surface area contributed by atoms with Crippen LogP contribution < -0.4 is 16.6 Å². The summed E-state index contributed by atoms with van der Waals surface area (Å²) in [5.74, 6) is -0.786. The van der Waals surface area contributed by atoms with E-state index in [1.807, 2.05) is 0 Å². The van der Waals surface area contributed by atoms with Crippen LogP contribution in [-0.2, 0) is 4.79 Å². The minimum Gasteiger partial charge on any atom is -0.369 e. The van der Waals surface area contributed by atoms with Crippen molar-refractivity contribution in [1.82, 2.24) is 10.2 Å². The van der Waals surface area contributed by atoms with Gasteiger partial charge >= 0.3 is 0 Å². The van der Waals surface area contributed by atoms with Crippen LogP contribution in [0.1, 0.15) is 10.5 Å². The minimum absolute atomic E-state index is 0.0873. The normalized spacial score (nSPS) is 10.1. The number of benzene rings is 1. The highest BCUT2D eigenvalue weighted by Crippen LogP contribution is 2.26. The van der Waals surface area contributed by atoms with Crippen LogP contribution in [0.15, 0.2) is 46.1 Å². The molecule has 1 heterocycles. The Labute approximate surface area is 123 Å². The monoisotopic (exact) mass is 304 g/mol. The molecule has 1 aromatic heterocycles. The molecular weight excluding hydrogens is 292 g/mol. The molecule has 2 aromatic rings. The molecule has 0 spiro atoms. The van der Waals surface area contributed by atoms with Crippen molar-refractivity contribution in [2.75, 3.05) is 11.1 Å². The molecule has 21 heavy (non-hydrogen) atoms. The Morgan fingerprint density at radius 1 is 1.24 bits per heavy atom. The Morgan fingerprint density at radius 2 is 2.00 bits per heavy atom. The molecule has 1 aromatic carbocycles. The number of nitrogens with one attached hydrogen (secondary N) is 2. The summed E-state index contributed by atoms with van der Waals surface area (Å²) in [4.78, 5) is 34.5. The van der Waals surface area contributed by atoms with Gasteiger partial charge in [-0.25, -0.2) is 5.10 Å². The SMILES string of the molecule is NC(=O)CSc1ccccc1NC(=O)c1ccc(=O)[nH]n1. The topological polar surface area (TPSA) is 118 Å². The predicted molar refractivity (Wildman–Crippen MR) is 79.2 cm³/mol. The first kappa shape index (κ1) is 14.8. The zero-order valence-electron chi connectivity index (χ0n) is 10.8. The van der Waals surface area contributed by atoms with Gasteiger partial charge in [-0.1, -0.05) is 12.1 Å². The van der Waals surface area contributed by atoms with Gasteiger partial charge in [0.05, 0.1) is 11.4 Å². The van der Waals surface area contributed by atoms with Gasteiger partial charge < -0.3 is 11.1 Å². The average Bonchev–Trinajstić information content (AvgIpc) is 2.47. The van der Waals surface area contributed by atoms with Gasteiger partial charge in [0.25, 0.3) is 11.5 Å². The zero-order valence-corrected chi connectivity index (χ0v) is 11.6. The fourth-order valence-corrected chi connectivity index (χ4v) is 2.25. The summed E-state index contributed by atoms with van der Waals surface area (Å²) in [6.07, 6.45) is 0. The van der Waals surface area contributed by atoms with E-state index in [1.54, 1.807) is 24.3 Å². The largest absolute Gasteiger partial charge is 0.369 e. The molecule has 0 saturated carbocycles. The lowest BCUT2D eigenvalue weighted by atomic mass is 10.3. The van der Waals surface area contributed by atoms with Crippen molar-refractivity contribution in [2.45, 2.75) is 4.90 Å². The van der Waals surface area contributed by atoms with Gasteiger partial charge in [0.1, 0.15) is 5.69 Å². The molecule has 0 aliphatic carbocycles. The van der Waals surface area contributed by atoms with Crippen LogP contribution in [-0.4, -0.2) is 27.8 Å². The number of aromatic nitrogens is 2. The van der Waals surface area contributed by atoms with Crippen molar-refractivity contribution < 1.29 is 9.59 Å². The molecule has 4 N–H and O–H groups in total. The van der Waals surface area contributed by atoms with Gasteiger partial charge in [0.15, 0.2) is 0 Å². The van der Waals surface area contributed by atoms with E-state index >= 15 is 0 Å². The second kappa shape index (κ2) is 6.71. The summed E-state index contributed by atoms with van der Waals surface area (Å²) < 4.78 is 0. The number of nitrogens with zero attached hydrogens (tertiary/aromatic N) is 1. The Kier molecular flexibility index (Phi) is 4.72. The summed E-state index contributed by atoms with van der Waals surface area (Å²) in [5, 5.41) is 8.51. The van der Waals surface area contributed by atoms with Crippen molar-refractivity contribution in [3.8, 4) is 0 Å². The molecule has 108 valence electrons. The maximum Gasteiger partial charge on any atom is 0.276 e. The van der Waals surface area contributed by atoms with Gasteiger partial charge in [0, 0.05) is 11.0 Å². The molecular formula is C13H12N4O3S. The molecule has 0 atom stereocenters. The van der Waals surface area contributed by atoms with Crippen LogP contribution in [0.5, 0.6) is 0 Å². The quantitative estimate of drug-likeness (QED) is 0.699. The third-order valence-corrected chi connectivity index (χ3v) is 3.51. The van der Waals surface area contributed by atoms with Crippen LogP contribution in [0.25, 0.3) is 0 Å². The molecule has 0 aliphatic rings. The van der Waals surface area contributed by atoms with E-state index in [9.17, 15) is 14.4 Å². The van der Waals surface area contributed by atoms with Gasteiger partial charge in [-0.05, 0) is 18.2 Å². The number of nitrogens with two attached hydrogens (primary N) is 1. The zero-order chi connectivity index (χ0) is 15.2. The number of amides is 2. The smallest absolute Gasteiger partial charge is 0.276 e. The van der Waals surface area contributed by atoms with Crippen LogP contribution in [0.2, 0.25) is 0 Å². The molecule has 0 radical (unpaired) electrons. The standard InChI is InChI=1S/C13H12N4O3S/c14-11(18)7-21-10-4-2-1-3-8(10)15-13(20)9-5-6-12(19)17-16-9/h1-6H,7H2,(H2,14,18)(H,15,20)(H,17,19). The number of rotatable bonds is 5. The number of thioether (sulfide) groups is 1. The third kappa shape index (κ3) is 4.18. The van der Waals surface area contributed by atoms with Crippen LogP contribution in [0, 0.1) is 0 Å². The summed E-state index contributed by atoms with van der Waals surface area (Å²) in [6, 6.07) is 9.56. The number of primary amides is 1. The lowest BCUT2D eigenvalue weighted by Crippen LogP contribution is -2.18. The van der Waals surface area contributed by atoms with Gasteiger partial charge in [-0.2, -0.15) is 5.10 Å². The number of H-pyrrole nitrogens is 1.